The zero-order chi connectivity index (χ0) is 26.4. The van der Waals surface area contributed by atoms with Crippen LogP contribution in [0.5, 0.6) is 0 Å². The van der Waals surface area contributed by atoms with Gasteiger partial charge in [0.1, 0.15) is 18.5 Å². The van der Waals surface area contributed by atoms with Crippen molar-refractivity contribution >= 4 is 29.6 Å². The van der Waals surface area contributed by atoms with E-state index in [1.165, 1.54) is 5.01 Å². The maximum atomic E-state index is 13.2. The molecule has 0 aromatic heterocycles. The molecule has 2 aromatic carbocycles. The van der Waals surface area contributed by atoms with Gasteiger partial charge >= 0.3 is 5.97 Å². The Morgan fingerprint density at radius 2 is 1.62 bits per heavy atom. The van der Waals surface area contributed by atoms with Crippen LogP contribution in [0.25, 0.3) is 0 Å². The lowest BCUT2D eigenvalue weighted by molar-refractivity contribution is -0.170. The summed E-state index contributed by atoms with van der Waals surface area (Å²) in [6, 6.07) is 17.4. The Balaban J connectivity index is 1.47. The highest BCUT2D eigenvalue weighted by molar-refractivity contribution is 6.02. The van der Waals surface area contributed by atoms with E-state index in [9.17, 15) is 24.0 Å². The zero-order valence-electron chi connectivity index (χ0n) is 20.1. The molecule has 0 bridgehead atoms. The summed E-state index contributed by atoms with van der Waals surface area (Å²) in [4.78, 5) is 63.1. The van der Waals surface area contributed by atoms with Gasteiger partial charge in [-0.25, -0.2) is 10.0 Å². The number of esters is 1. The molecule has 2 fully saturated rings. The van der Waals surface area contributed by atoms with Crippen LogP contribution in [0.4, 0.5) is 0 Å². The van der Waals surface area contributed by atoms with Crippen LogP contribution < -0.4 is 11.1 Å². The lowest BCUT2D eigenvalue weighted by atomic mass is 10.0. The van der Waals surface area contributed by atoms with Crippen molar-refractivity contribution in [1.29, 1.82) is 0 Å². The monoisotopic (exact) mass is 508 g/mol. The summed E-state index contributed by atoms with van der Waals surface area (Å²) < 4.78 is 10.9. The van der Waals surface area contributed by atoms with Crippen LogP contribution in [-0.4, -0.2) is 58.5 Å². The number of nitrogens with one attached hydrogen (secondary N) is 1. The molecule has 4 rings (SSSR count). The van der Waals surface area contributed by atoms with Crippen molar-refractivity contribution in [2.75, 3.05) is 6.54 Å². The summed E-state index contributed by atoms with van der Waals surface area (Å²) in [5.41, 5.74) is 7.01. The lowest BCUT2D eigenvalue weighted by Gasteiger charge is -2.34. The van der Waals surface area contributed by atoms with Crippen LogP contribution >= 0.6 is 0 Å². The van der Waals surface area contributed by atoms with Crippen molar-refractivity contribution < 1.29 is 33.4 Å². The van der Waals surface area contributed by atoms with Crippen molar-refractivity contribution in [3.05, 3.63) is 71.8 Å². The van der Waals surface area contributed by atoms with E-state index < -0.39 is 54.4 Å². The van der Waals surface area contributed by atoms with Crippen molar-refractivity contribution in [1.82, 2.24) is 15.3 Å². The van der Waals surface area contributed by atoms with Gasteiger partial charge in [-0.1, -0.05) is 60.7 Å². The fourth-order valence-electron chi connectivity index (χ4n) is 4.26. The minimum absolute atomic E-state index is 0.0258. The highest BCUT2D eigenvalue weighted by atomic mass is 16.7. The molecule has 194 valence electrons. The average molecular weight is 509 g/mol. The van der Waals surface area contributed by atoms with Gasteiger partial charge in [0.2, 0.25) is 24.0 Å². The number of carbonyl (C=O) groups is 5. The third-order valence-corrected chi connectivity index (χ3v) is 6.16. The second-order valence-electron chi connectivity index (χ2n) is 8.86. The van der Waals surface area contributed by atoms with Gasteiger partial charge in [-0.2, -0.15) is 0 Å². The van der Waals surface area contributed by atoms with Gasteiger partial charge in [-0.05, 0) is 17.5 Å². The van der Waals surface area contributed by atoms with Gasteiger partial charge in [0.15, 0.2) is 0 Å². The Labute approximate surface area is 213 Å². The number of cyclic esters (lactones) is 1. The standard InChI is InChI=1S/C26H28N4O7/c27-24(34)19-11-12-22(32)29(14-17-7-3-1-4-8-17)30(25(19)35)15-21(31)28-20-13-23(33)37-26(20)36-16-18-9-5-2-6-10-18/h1-10,19-20,26H,11-16H2,(H2,27,34)(H,28,31). The Morgan fingerprint density at radius 3 is 2.27 bits per heavy atom. The number of hydrogen-bond donors (Lipinski definition) is 2. The van der Waals surface area contributed by atoms with E-state index in [0.29, 0.717) is 0 Å². The topological polar surface area (TPSA) is 148 Å². The largest absolute Gasteiger partial charge is 0.433 e. The van der Waals surface area contributed by atoms with Crippen LogP contribution in [0.1, 0.15) is 30.4 Å². The summed E-state index contributed by atoms with van der Waals surface area (Å²) in [7, 11) is 0. The molecule has 3 unspecified atom stereocenters. The Kier molecular flexibility index (Phi) is 8.14. The number of ether oxygens (including phenoxy) is 2. The maximum Gasteiger partial charge on any atom is 0.310 e. The molecule has 11 heteroatoms. The third-order valence-electron chi connectivity index (χ3n) is 6.16. The molecule has 37 heavy (non-hydrogen) atoms. The molecule has 2 saturated heterocycles. The normalized spacial score (nSPS) is 21.9. The van der Waals surface area contributed by atoms with Gasteiger partial charge in [0, 0.05) is 6.42 Å². The molecular formula is C26H28N4O7. The zero-order valence-corrected chi connectivity index (χ0v) is 20.1. The second-order valence-corrected chi connectivity index (χ2v) is 8.86. The Hall–Kier alpha value is -4.25. The summed E-state index contributed by atoms with van der Waals surface area (Å²) in [5, 5.41) is 4.80. The summed E-state index contributed by atoms with van der Waals surface area (Å²) >= 11 is 0. The van der Waals surface area contributed by atoms with Gasteiger partial charge in [0.25, 0.3) is 5.91 Å². The van der Waals surface area contributed by atoms with E-state index in [0.717, 1.165) is 16.1 Å². The molecule has 3 N–H and O–H groups in total. The van der Waals surface area contributed by atoms with Crippen molar-refractivity contribution in [2.24, 2.45) is 11.7 Å². The van der Waals surface area contributed by atoms with Gasteiger partial charge in [-0.3, -0.25) is 24.0 Å². The number of benzene rings is 2. The smallest absolute Gasteiger partial charge is 0.310 e. The van der Waals surface area contributed by atoms with E-state index >= 15 is 0 Å². The second kappa shape index (κ2) is 11.7. The molecule has 2 aliphatic heterocycles. The highest BCUT2D eigenvalue weighted by Crippen LogP contribution is 2.22. The number of hydrogen-bond acceptors (Lipinski definition) is 7. The summed E-state index contributed by atoms with van der Waals surface area (Å²) in [6.45, 7) is -0.370. The first-order valence-electron chi connectivity index (χ1n) is 11.9. The quantitative estimate of drug-likeness (QED) is 0.373. The first-order valence-corrected chi connectivity index (χ1v) is 11.9. The molecule has 0 aliphatic carbocycles. The summed E-state index contributed by atoms with van der Waals surface area (Å²) in [6.07, 6.45) is -1.26. The maximum absolute atomic E-state index is 13.2. The molecule has 4 amide bonds. The first kappa shape index (κ1) is 25.8. The van der Waals surface area contributed by atoms with Gasteiger partial charge in [0.05, 0.1) is 19.6 Å². The Bertz CT molecular complexity index is 1160. The average Bonchev–Trinajstić information content (AvgIpc) is 3.18. The minimum Gasteiger partial charge on any atom is -0.433 e. The van der Waals surface area contributed by atoms with E-state index in [1.54, 1.807) is 24.3 Å². The van der Waals surface area contributed by atoms with Crippen LogP contribution in [-0.2, 0) is 46.6 Å². The number of nitrogens with two attached hydrogens (primary N) is 1. The van der Waals surface area contributed by atoms with E-state index in [1.807, 2.05) is 36.4 Å². The van der Waals surface area contributed by atoms with Crippen LogP contribution in [0.15, 0.2) is 60.7 Å². The molecule has 0 radical (unpaired) electrons. The fourth-order valence-corrected chi connectivity index (χ4v) is 4.26. The number of nitrogens with zero attached hydrogens (tertiary/aromatic N) is 2. The number of rotatable bonds is 9. The molecule has 2 aromatic rings. The predicted molar refractivity (Wildman–Crippen MR) is 128 cm³/mol. The molecule has 3 atom stereocenters. The molecule has 0 spiro atoms. The van der Waals surface area contributed by atoms with Crippen molar-refractivity contribution in [2.45, 2.75) is 44.7 Å². The summed E-state index contributed by atoms with van der Waals surface area (Å²) in [5.74, 6) is -4.45. The molecule has 2 heterocycles. The number of primary amides is 1. The van der Waals surface area contributed by atoms with Crippen LogP contribution in [0.3, 0.4) is 0 Å². The molecule has 2 aliphatic rings. The van der Waals surface area contributed by atoms with Crippen molar-refractivity contribution in [3.8, 4) is 0 Å². The molecule has 11 nitrogen and oxygen atoms in total. The first-order chi connectivity index (χ1) is 17.8. The third kappa shape index (κ3) is 6.50. The number of hydrazine groups is 1. The van der Waals surface area contributed by atoms with E-state index in [4.69, 9.17) is 15.2 Å². The number of amides is 4. The molecule has 0 saturated carbocycles. The highest BCUT2D eigenvalue weighted by Gasteiger charge is 2.41. The SMILES string of the molecule is NC(=O)C1CCC(=O)N(Cc2ccccc2)N(CC(=O)NC2CC(=O)OC2OCc2ccccc2)C1=O. The minimum atomic E-state index is -1.24. The van der Waals surface area contributed by atoms with Crippen molar-refractivity contribution in [3.63, 3.8) is 0 Å². The van der Waals surface area contributed by atoms with E-state index in [-0.39, 0.29) is 32.4 Å². The molecular weight excluding hydrogens is 480 g/mol. The fraction of sp³-hybridized carbons (Fsp3) is 0.346. The number of carbonyl (C=O) groups excluding carboxylic acids is 5. The predicted octanol–water partition coefficient (Wildman–Crippen LogP) is 0.629. The van der Waals surface area contributed by atoms with E-state index in [2.05, 4.69) is 5.32 Å². The van der Waals surface area contributed by atoms with Gasteiger partial charge < -0.3 is 20.5 Å². The van der Waals surface area contributed by atoms with Crippen LogP contribution in [0, 0.1) is 5.92 Å². The van der Waals surface area contributed by atoms with Crippen LogP contribution in [0.2, 0.25) is 0 Å². The lowest BCUT2D eigenvalue weighted by Crippen LogP contribution is -2.55. The van der Waals surface area contributed by atoms with Gasteiger partial charge in [-0.15, -0.1) is 0 Å². The Morgan fingerprint density at radius 1 is 0.973 bits per heavy atom.